The highest BCUT2D eigenvalue weighted by atomic mass is 127. The molecule has 0 aromatic rings. The van der Waals surface area contributed by atoms with E-state index >= 15 is 0 Å². The minimum Gasteiger partial charge on any atom is -0.356 e. The van der Waals surface area contributed by atoms with E-state index in [4.69, 9.17) is 0 Å². The Morgan fingerprint density at radius 3 is 2.46 bits per heavy atom. The van der Waals surface area contributed by atoms with Gasteiger partial charge >= 0.3 is 0 Å². The van der Waals surface area contributed by atoms with Crippen molar-refractivity contribution >= 4 is 29.9 Å². The lowest BCUT2D eigenvalue weighted by Crippen LogP contribution is -2.45. The summed E-state index contributed by atoms with van der Waals surface area (Å²) in [6.07, 6.45) is 10.7. The molecule has 2 fully saturated rings. The molecule has 2 rings (SSSR count). The monoisotopic (exact) mass is 450 g/mol. The van der Waals surface area contributed by atoms with E-state index < -0.39 is 0 Å². The topological polar surface area (TPSA) is 39.7 Å². The third kappa shape index (κ3) is 7.46. The molecular weight excluding hydrogens is 411 g/mol. The number of rotatable bonds is 6. The highest BCUT2D eigenvalue weighted by Crippen LogP contribution is 2.26. The Hall–Kier alpha value is -0.0400. The molecule has 0 spiro atoms. The summed E-state index contributed by atoms with van der Waals surface area (Å²) >= 11 is 0. The second kappa shape index (κ2) is 12.3. The van der Waals surface area contributed by atoms with Crippen LogP contribution in [0.15, 0.2) is 4.99 Å². The van der Waals surface area contributed by atoms with Crippen molar-refractivity contribution in [1.82, 2.24) is 15.5 Å². The largest absolute Gasteiger partial charge is 0.356 e. The van der Waals surface area contributed by atoms with Gasteiger partial charge in [0.25, 0.3) is 0 Å². The first-order chi connectivity index (χ1) is 11.2. The van der Waals surface area contributed by atoms with Gasteiger partial charge in [-0.1, -0.05) is 33.1 Å². The van der Waals surface area contributed by atoms with Gasteiger partial charge in [-0.3, -0.25) is 4.99 Å². The van der Waals surface area contributed by atoms with Crippen LogP contribution in [0.2, 0.25) is 0 Å². The molecule has 142 valence electrons. The molecule has 5 heteroatoms. The Labute approximate surface area is 166 Å². The molecule has 1 saturated carbocycles. The Morgan fingerprint density at radius 2 is 1.83 bits per heavy atom. The van der Waals surface area contributed by atoms with Crippen LogP contribution in [0, 0.1) is 11.8 Å². The molecule has 0 aromatic heterocycles. The number of halogens is 1. The van der Waals surface area contributed by atoms with Crippen molar-refractivity contribution in [1.29, 1.82) is 0 Å². The van der Waals surface area contributed by atoms with Crippen LogP contribution < -0.4 is 10.6 Å². The summed E-state index contributed by atoms with van der Waals surface area (Å²) in [4.78, 5) is 6.99. The van der Waals surface area contributed by atoms with Crippen molar-refractivity contribution < 1.29 is 0 Å². The second-order valence-electron chi connectivity index (χ2n) is 7.45. The zero-order chi connectivity index (χ0) is 16.5. The molecule has 1 aliphatic heterocycles. The fraction of sp³-hybridized carbons (Fsp3) is 0.947. The number of nitrogens with zero attached hydrogens (tertiary/aromatic N) is 2. The zero-order valence-corrected chi connectivity index (χ0v) is 18.4. The van der Waals surface area contributed by atoms with Gasteiger partial charge in [-0.25, -0.2) is 0 Å². The molecule has 2 atom stereocenters. The van der Waals surface area contributed by atoms with Crippen LogP contribution in [0.3, 0.4) is 0 Å². The van der Waals surface area contributed by atoms with E-state index in [0.717, 1.165) is 24.3 Å². The molecule has 24 heavy (non-hydrogen) atoms. The smallest absolute Gasteiger partial charge is 0.191 e. The van der Waals surface area contributed by atoms with Crippen molar-refractivity contribution in [2.75, 3.05) is 33.2 Å². The first-order valence-corrected chi connectivity index (χ1v) is 9.94. The Morgan fingerprint density at radius 1 is 1.08 bits per heavy atom. The van der Waals surface area contributed by atoms with E-state index in [1.165, 1.54) is 71.0 Å². The normalized spacial score (nSPS) is 26.7. The van der Waals surface area contributed by atoms with Crippen LogP contribution in [0.25, 0.3) is 0 Å². The van der Waals surface area contributed by atoms with Gasteiger partial charge in [0.05, 0.1) is 0 Å². The van der Waals surface area contributed by atoms with Gasteiger partial charge < -0.3 is 15.5 Å². The van der Waals surface area contributed by atoms with Crippen LogP contribution in [-0.4, -0.2) is 50.1 Å². The summed E-state index contributed by atoms with van der Waals surface area (Å²) in [6.45, 7) is 9.43. The van der Waals surface area contributed by atoms with E-state index in [2.05, 4.69) is 34.4 Å². The molecule has 2 unspecified atom stereocenters. The van der Waals surface area contributed by atoms with Gasteiger partial charge in [-0.05, 0) is 63.6 Å². The molecule has 4 nitrogen and oxygen atoms in total. The van der Waals surface area contributed by atoms with Gasteiger partial charge in [0.15, 0.2) is 5.96 Å². The van der Waals surface area contributed by atoms with Crippen molar-refractivity contribution in [3.8, 4) is 0 Å². The number of nitrogens with one attached hydrogen (secondary N) is 2. The molecule has 1 heterocycles. The molecule has 1 saturated heterocycles. The summed E-state index contributed by atoms with van der Waals surface area (Å²) in [5, 5.41) is 7.20. The van der Waals surface area contributed by atoms with Crippen LogP contribution in [0.1, 0.15) is 65.2 Å². The summed E-state index contributed by atoms with van der Waals surface area (Å²) in [7, 11) is 1.90. The van der Waals surface area contributed by atoms with Crippen molar-refractivity contribution in [3.63, 3.8) is 0 Å². The molecule has 2 aliphatic rings. The standard InChI is InChI=1S/C19H38N4.HI/c1-4-16-7-6-8-18(15-16)22-19(20-3)21-12-9-17-10-13-23(5-2)14-11-17;/h16-18H,4-15H2,1-3H3,(H2,20,21,22);1H. The number of hydrogen-bond acceptors (Lipinski definition) is 2. The zero-order valence-electron chi connectivity index (χ0n) is 16.0. The minimum absolute atomic E-state index is 0. The molecule has 0 aromatic carbocycles. The summed E-state index contributed by atoms with van der Waals surface area (Å²) in [5.41, 5.74) is 0. The maximum Gasteiger partial charge on any atom is 0.191 e. The van der Waals surface area contributed by atoms with Crippen LogP contribution in [-0.2, 0) is 0 Å². The summed E-state index contributed by atoms with van der Waals surface area (Å²) < 4.78 is 0. The summed E-state index contributed by atoms with van der Waals surface area (Å²) in [5.74, 6) is 2.81. The lowest BCUT2D eigenvalue weighted by molar-refractivity contribution is 0.187. The predicted octanol–water partition coefficient (Wildman–Crippen LogP) is 3.86. The van der Waals surface area contributed by atoms with Crippen molar-refractivity contribution in [2.24, 2.45) is 16.8 Å². The molecular formula is C19H39IN4. The Kier molecular flexibility index (Phi) is 11.3. The SMILES string of the molecule is CCC1CCCC(NC(=NC)NCCC2CCN(CC)CC2)C1.I. The number of hydrogen-bond donors (Lipinski definition) is 2. The first kappa shape index (κ1) is 22.0. The molecule has 0 amide bonds. The van der Waals surface area contributed by atoms with Crippen molar-refractivity contribution in [3.05, 3.63) is 0 Å². The van der Waals surface area contributed by atoms with Crippen LogP contribution in [0.5, 0.6) is 0 Å². The van der Waals surface area contributed by atoms with Gasteiger partial charge in [-0.15, -0.1) is 24.0 Å². The van der Waals surface area contributed by atoms with Gasteiger partial charge in [-0.2, -0.15) is 0 Å². The van der Waals surface area contributed by atoms with Gasteiger partial charge in [0.1, 0.15) is 0 Å². The highest BCUT2D eigenvalue weighted by Gasteiger charge is 2.22. The lowest BCUT2D eigenvalue weighted by atomic mass is 9.84. The average Bonchev–Trinajstić information content (AvgIpc) is 2.61. The molecule has 1 aliphatic carbocycles. The number of piperidine rings is 1. The second-order valence-corrected chi connectivity index (χ2v) is 7.45. The quantitative estimate of drug-likeness (QED) is 0.367. The van der Waals surface area contributed by atoms with Crippen LogP contribution in [0.4, 0.5) is 0 Å². The Bertz CT molecular complexity index is 353. The number of aliphatic imine (C=N–C) groups is 1. The van der Waals surface area contributed by atoms with Gasteiger partial charge in [0, 0.05) is 19.6 Å². The van der Waals surface area contributed by atoms with E-state index in [0.29, 0.717) is 6.04 Å². The summed E-state index contributed by atoms with van der Waals surface area (Å²) in [6, 6.07) is 0.618. The fourth-order valence-corrected chi connectivity index (χ4v) is 4.17. The molecule has 2 N–H and O–H groups in total. The average molecular weight is 450 g/mol. The van der Waals surface area contributed by atoms with Gasteiger partial charge in [0.2, 0.25) is 0 Å². The minimum atomic E-state index is 0. The first-order valence-electron chi connectivity index (χ1n) is 9.94. The fourth-order valence-electron chi connectivity index (χ4n) is 4.17. The van der Waals surface area contributed by atoms with E-state index in [1.54, 1.807) is 0 Å². The highest BCUT2D eigenvalue weighted by molar-refractivity contribution is 14.0. The lowest BCUT2D eigenvalue weighted by Gasteiger charge is -2.32. The van der Waals surface area contributed by atoms with E-state index in [-0.39, 0.29) is 24.0 Å². The third-order valence-electron chi connectivity index (χ3n) is 5.92. The molecule has 0 radical (unpaired) electrons. The maximum absolute atomic E-state index is 4.43. The van der Waals surface area contributed by atoms with E-state index in [1.807, 2.05) is 7.05 Å². The predicted molar refractivity (Wildman–Crippen MR) is 115 cm³/mol. The number of guanidine groups is 1. The maximum atomic E-state index is 4.43. The Balaban J connectivity index is 0.00000288. The number of likely N-dealkylation sites (tertiary alicyclic amines) is 1. The van der Waals surface area contributed by atoms with E-state index in [9.17, 15) is 0 Å². The van der Waals surface area contributed by atoms with Crippen molar-refractivity contribution in [2.45, 2.75) is 71.3 Å². The van der Waals surface area contributed by atoms with Crippen LogP contribution >= 0.6 is 24.0 Å². The molecule has 0 bridgehead atoms. The third-order valence-corrected chi connectivity index (χ3v) is 5.92.